The highest BCUT2D eigenvalue weighted by molar-refractivity contribution is 5.94. The van der Waals surface area contributed by atoms with Gasteiger partial charge in [-0.1, -0.05) is 30.3 Å². The summed E-state index contributed by atoms with van der Waals surface area (Å²) in [6, 6.07) is 9.18. The highest BCUT2D eigenvalue weighted by Crippen LogP contribution is 2.52. The number of para-hydroxylation sites is 1. The molecule has 2 aliphatic heterocycles. The normalized spacial score (nSPS) is 27.6. The van der Waals surface area contributed by atoms with E-state index in [-0.39, 0.29) is 23.7 Å². The first-order valence-corrected chi connectivity index (χ1v) is 8.60. The monoisotopic (exact) mass is 340 g/mol. The summed E-state index contributed by atoms with van der Waals surface area (Å²) in [6.45, 7) is 1.89. The summed E-state index contributed by atoms with van der Waals surface area (Å²) in [5.74, 6) is -1.01. The third-order valence-electron chi connectivity index (χ3n) is 5.76. The van der Waals surface area contributed by atoms with E-state index in [1.165, 1.54) is 0 Å². The molecule has 0 aliphatic carbocycles. The van der Waals surface area contributed by atoms with E-state index < -0.39 is 11.4 Å². The number of rotatable bonds is 4. The summed E-state index contributed by atoms with van der Waals surface area (Å²) in [6.07, 6.45) is 4.28. The fourth-order valence-electron chi connectivity index (χ4n) is 4.45. The quantitative estimate of drug-likeness (QED) is 0.921. The van der Waals surface area contributed by atoms with Gasteiger partial charge < -0.3 is 10.0 Å². The lowest BCUT2D eigenvalue weighted by molar-refractivity contribution is -0.151. The van der Waals surface area contributed by atoms with Gasteiger partial charge in [-0.2, -0.15) is 0 Å². The number of fused-ring (bicyclic) bond motifs is 2. The lowest BCUT2D eigenvalue weighted by atomic mass is 9.72. The van der Waals surface area contributed by atoms with Gasteiger partial charge >= 0.3 is 5.97 Å². The minimum Gasteiger partial charge on any atom is -0.481 e. The second-order valence-electron chi connectivity index (χ2n) is 6.86. The molecule has 1 amide bonds. The third kappa shape index (κ3) is 2.26. The molecule has 2 fully saturated rings. The Bertz CT molecular complexity index is 819. The molecule has 4 rings (SSSR count). The Morgan fingerprint density at radius 3 is 2.68 bits per heavy atom. The molecule has 0 saturated carbocycles. The number of carbonyl (C=O) groups excluding carboxylic acids is 1. The van der Waals surface area contributed by atoms with Crippen molar-refractivity contribution in [3.8, 4) is 5.69 Å². The van der Waals surface area contributed by atoms with Gasteiger partial charge in [0.05, 0.1) is 17.3 Å². The summed E-state index contributed by atoms with van der Waals surface area (Å²) in [7, 11) is 0. The maximum absolute atomic E-state index is 13.0. The van der Waals surface area contributed by atoms with E-state index in [2.05, 4.69) is 10.3 Å². The number of hydrogen-bond acceptors (Lipinski definition) is 4. The number of carboxylic acids is 1. The molecule has 2 aliphatic rings. The molecule has 0 radical (unpaired) electrons. The van der Waals surface area contributed by atoms with Crippen LogP contribution in [0.15, 0.2) is 36.5 Å². The van der Waals surface area contributed by atoms with E-state index in [1.807, 2.05) is 37.3 Å². The molecule has 1 aromatic heterocycles. The highest BCUT2D eigenvalue weighted by Gasteiger charge is 2.60. The van der Waals surface area contributed by atoms with Crippen LogP contribution in [-0.2, 0) is 4.79 Å². The van der Waals surface area contributed by atoms with Crippen molar-refractivity contribution >= 4 is 11.9 Å². The van der Waals surface area contributed by atoms with Crippen molar-refractivity contribution in [2.24, 2.45) is 5.41 Å². The first kappa shape index (κ1) is 15.8. The Morgan fingerprint density at radius 1 is 1.28 bits per heavy atom. The van der Waals surface area contributed by atoms with E-state index in [4.69, 9.17) is 0 Å². The Balaban J connectivity index is 1.62. The molecule has 7 heteroatoms. The fourth-order valence-corrected chi connectivity index (χ4v) is 4.45. The fraction of sp³-hybridized carbons (Fsp3) is 0.444. The molecule has 1 N–H and O–H groups in total. The number of hydrogen-bond donors (Lipinski definition) is 1. The van der Waals surface area contributed by atoms with Crippen LogP contribution in [0, 0.1) is 5.41 Å². The van der Waals surface area contributed by atoms with Gasteiger partial charge in [0.2, 0.25) is 0 Å². The number of aromatic nitrogens is 3. The van der Waals surface area contributed by atoms with E-state index in [0.717, 1.165) is 18.5 Å². The van der Waals surface area contributed by atoms with E-state index in [9.17, 15) is 14.7 Å². The molecule has 2 bridgehead atoms. The molecule has 1 aromatic carbocycles. The number of carbonyl (C=O) groups is 2. The van der Waals surface area contributed by atoms with E-state index >= 15 is 0 Å². The van der Waals surface area contributed by atoms with Crippen LogP contribution in [0.4, 0.5) is 0 Å². The zero-order valence-corrected chi connectivity index (χ0v) is 14.0. The SMILES string of the molecule is CC[C@@]1(C(=O)O)C[C@@H]2CC[C@H]1N2C(=O)c1cn(-c2ccccc2)nn1. The van der Waals surface area contributed by atoms with Gasteiger partial charge in [-0.25, -0.2) is 4.68 Å². The van der Waals surface area contributed by atoms with Crippen molar-refractivity contribution in [1.82, 2.24) is 19.9 Å². The second-order valence-corrected chi connectivity index (χ2v) is 6.86. The van der Waals surface area contributed by atoms with Crippen LogP contribution in [0.5, 0.6) is 0 Å². The van der Waals surface area contributed by atoms with Gasteiger partial charge in [0, 0.05) is 12.1 Å². The Hall–Kier alpha value is -2.70. The lowest BCUT2D eigenvalue weighted by Crippen LogP contribution is -2.44. The van der Waals surface area contributed by atoms with Crippen molar-refractivity contribution in [3.63, 3.8) is 0 Å². The largest absolute Gasteiger partial charge is 0.481 e. The number of aliphatic carboxylic acids is 1. The van der Waals surface area contributed by atoms with Gasteiger partial charge in [-0.15, -0.1) is 5.10 Å². The molecule has 3 heterocycles. The van der Waals surface area contributed by atoms with Gasteiger partial charge in [0.1, 0.15) is 0 Å². The van der Waals surface area contributed by atoms with E-state index in [1.54, 1.807) is 15.8 Å². The van der Waals surface area contributed by atoms with Crippen LogP contribution in [0.3, 0.4) is 0 Å². The number of nitrogens with zero attached hydrogens (tertiary/aromatic N) is 4. The Morgan fingerprint density at radius 2 is 2.04 bits per heavy atom. The molecule has 0 unspecified atom stereocenters. The predicted octanol–water partition coefficient (Wildman–Crippen LogP) is 2.13. The topological polar surface area (TPSA) is 88.3 Å². The highest BCUT2D eigenvalue weighted by atomic mass is 16.4. The standard InChI is InChI=1S/C18H20N4O3/c1-2-18(17(24)25)10-13-8-9-15(18)22(13)16(23)14-11-21(20-19-14)12-6-4-3-5-7-12/h3-7,11,13,15H,2,8-10H2,1H3,(H,24,25)/t13-,15+,18+/m0/s1. The Kier molecular flexibility index (Phi) is 3.59. The van der Waals surface area contributed by atoms with Gasteiger partial charge in [0.25, 0.3) is 5.91 Å². The van der Waals surface area contributed by atoms with Gasteiger partial charge in [-0.05, 0) is 37.8 Å². The van der Waals surface area contributed by atoms with Crippen molar-refractivity contribution in [2.75, 3.05) is 0 Å². The molecule has 3 atom stereocenters. The van der Waals surface area contributed by atoms with Crippen molar-refractivity contribution < 1.29 is 14.7 Å². The molecule has 2 aromatic rings. The first-order chi connectivity index (χ1) is 12.1. The molecule has 25 heavy (non-hydrogen) atoms. The smallest absolute Gasteiger partial charge is 0.311 e. The molecule has 7 nitrogen and oxygen atoms in total. The maximum Gasteiger partial charge on any atom is 0.311 e. The zero-order valence-electron chi connectivity index (χ0n) is 14.0. The van der Waals surface area contributed by atoms with Crippen LogP contribution in [0.2, 0.25) is 0 Å². The van der Waals surface area contributed by atoms with Crippen LogP contribution >= 0.6 is 0 Å². The summed E-state index contributed by atoms with van der Waals surface area (Å²) in [5, 5.41) is 17.8. The molecular formula is C18H20N4O3. The summed E-state index contributed by atoms with van der Waals surface area (Å²) < 4.78 is 1.56. The van der Waals surface area contributed by atoms with Crippen molar-refractivity contribution in [1.29, 1.82) is 0 Å². The minimum absolute atomic E-state index is 0.0181. The summed E-state index contributed by atoms with van der Waals surface area (Å²) in [5.41, 5.74) is 0.263. The van der Waals surface area contributed by atoms with E-state index in [0.29, 0.717) is 12.8 Å². The zero-order chi connectivity index (χ0) is 17.6. The molecule has 0 spiro atoms. The third-order valence-corrected chi connectivity index (χ3v) is 5.76. The van der Waals surface area contributed by atoms with Crippen LogP contribution in [0.1, 0.15) is 43.1 Å². The number of carboxylic acid groups (broad SMARTS) is 1. The van der Waals surface area contributed by atoms with Gasteiger partial charge in [-0.3, -0.25) is 9.59 Å². The molecule has 2 saturated heterocycles. The number of amides is 1. The van der Waals surface area contributed by atoms with Crippen molar-refractivity contribution in [2.45, 2.75) is 44.7 Å². The maximum atomic E-state index is 13.0. The van der Waals surface area contributed by atoms with Crippen molar-refractivity contribution in [3.05, 3.63) is 42.2 Å². The first-order valence-electron chi connectivity index (χ1n) is 8.60. The lowest BCUT2D eigenvalue weighted by Gasteiger charge is -2.32. The second kappa shape index (κ2) is 5.68. The summed E-state index contributed by atoms with van der Waals surface area (Å²) in [4.78, 5) is 26.6. The average Bonchev–Trinajstić information content (AvgIpc) is 3.35. The van der Waals surface area contributed by atoms with Crippen LogP contribution < -0.4 is 0 Å². The number of benzene rings is 1. The average molecular weight is 340 g/mol. The Labute approximate surface area is 145 Å². The van der Waals surface area contributed by atoms with Crippen LogP contribution in [-0.4, -0.2) is 49.0 Å². The van der Waals surface area contributed by atoms with Gasteiger partial charge in [0.15, 0.2) is 5.69 Å². The predicted molar refractivity (Wildman–Crippen MR) is 89.3 cm³/mol. The van der Waals surface area contributed by atoms with Crippen LogP contribution in [0.25, 0.3) is 5.69 Å². The molecular weight excluding hydrogens is 320 g/mol. The minimum atomic E-state index is -0.825. The summed E-state index contributed by atoms with van der Waals surface area (Å²) >= 11 is 0. The molecule has 130 valence electrons.